The van der Waals surface area contributed by atoms with E-state index in [1.807, 2.05) is 25.1 Å². The van der Waals surface area contributed by atoms with E-state index in [0.717, 1.165) is 24.2 Å². The number of H-pyrrole nitrogens is 1. The van der Waals surface area contributed by atoms with Gasteiger partial charge in [-0.2, -0.15) is 0 Å². The number of nitrogens with zero attached hydrogens (tertiary/aromatic N) is 2. The minimum atomic E-state index is -0.202. The van der Waals surface area contributed by atoms with Crippen LogP contribution in [0.3, 0.4) is 0 Å². The third kappa shape index (κ3) is 6.12. The van der Waals surface area contributed by atoms with Crippen molar-refractivity contribution in [3.8, 4) is 5.75 Å². The lowest BCUT2D eigenvalue weighted by molar-refractivity contribution is -0.133. The van der Waals surface area contributed by atoms with Gasteiger partial charge in [-0.25, -0.2) is 4.98 Å². The number of para-hydroxylation sites is 1. The molecule has 2 aromatic carbocycles. The Morgan fingerprint density at radius 3 is 2.94 bits per heavy atom. The summed E-state index contributed by atoms with van der Waals surface area (Å²) in [7, 11) is 0. The standard InChI is InChI=1S/C25H28ClN3O4/c1-17-14-18(26)10-11-22(17)33-13-5-9-24(30)29(15-19-6-4-12-32-19)16-23-27-21-8-3-2-7-20(21)25(31)28-23/h2-3,7-8,10-11,14,19H,4-6,9,12-13,15-16H2,1H3,(H,27,28,31). The maximum absolute atomic E-state index is 13.1. The number of benzene rings is 2. The second-order valence-electron chi connectivity index (χ2n) is 8.30. The number of amides is 1. The average Bonchev–Trinajstić information content (AvgIpc) is 3.30. The molecule has 2 heterocycles. The van der Waals surface area contributed by atoms with Crippen molar-refractivity contribution in [2.45, 2.75) is 45.3 Å². The molecule has 33 heavy (non-hydrogen) atoms. The van der Waals surface area contributed by atoms with Crippen LogP contribution in [-0.2, 0) is 16.1 Å². The fourth-order valence-electron chi connectivity index (χ4n) is 4.02. The topological polar surface area (TPSA) is 84.5 Å². The maximum atomic E-state index is 13.1. The SMILES string of the molecule is Cc1cc(Cl)ccc1OCCCC(=O)N(Cc1nc2ccccc2c(=O)[nH]1)CC1CCCO1. The van der Waals surface area contributed by atoms with Crippen LogP contribution in [0.25, 0.3) is 10.9 Å². The van der Waals surface area contributed by atoms with Crippen LogP contribution in [0.15, 0.2) is 47.3 Å². The first kappa shape index (κ1) is 23.3. The summed E-state index contributed by atoms with van der Waals surface area (Å²) in [6.07, 6.45) is 2.83. The Morgan fingerprint density at radius 2 is 2.15 bits per heavy atom. The first-order chi connectivity index (χ1) is 16.0. The zero-order valence-electron chi connectivity index (χ0n) is 18.7. The zero-order valence-corrected chi connectivity index (χ0v) is 19.4. The number of ether oxygens (including phenoxy) is 2. The van der Waals surface area contributed by atoms with Gasteiger partial charge in [-0.3, -0.25) is 9.59 Å². The number of nitrogens with one attached hydrogen (secondary N) is 1. The van der Waals surface area contributed by atoms with Gasteiger partial charge in [0.1, 0.15) is 11.6 Å². The first-order valence-electron chi connectivity index (χ1n) is 11.3. The molecule has 7 nitrogen and oxygen atoms in total. The number of hydrogen-bond acceptors (Lipinski definition) is 5. The molecule has 1 atom stereocenters. The lowest BCUT2D eigenvalue weighted by atomic mass is 10.2. The normalized spacial score (nSPS) is 15.6. The van der Waals surface area contributed by atoms with Crippen molar-refractivity contribution in [1.29, 1.82) is 0 Å². The van der Waals surface area contributed by atoms with Gasteiger partial charge in [-0.15, -0.1) is 0 Å². The van der Waals surface area contributed by atoms with Crippen LogP contribution in [0.5, 0.6) is 5.75 Å². The molecule has 0 spiro atoms. The molecular weight excluding hydrogens is 442 g/mol. The van der Waals surface area contributed by atoms with E-state index >= 15 is 0 Å². The zero-order chi connectivity index (χ0) is 23.2. The summed E-state index contributed by atoms with van der Waals surface area (Å²) in [6, 6.07) is 12.7. The van der Waals surface area contributed by atoms with E-state index in [0.29, 0.717) is 54.4 Å². The van der Waals surface area contributed by atoms with Gasteiger partial charge in [0.05, 0.1) is 30.2 Å². The van der Waals surface area contributed by atoms with Gasteiger partial charge < -0.3 is 19.4 Å². The Bertz CT molecular complexity index is 1170. The van der Waals surface area contributed by atoms with Gasteiger partial charge in [0.2, 0.25) is 5.91 Å². The summed E-state index contributed by atoms with van der Waals surface area (Å²) >= 11 is 5.99. The van der Waals surface area contributed by atoms with Gasteiger partial charge in [-0.05, 0) is 62.1 Å². The Labute approximate surface area is 197 Å². The highest BCUT2D eigenvalue weighted by molar-refractivity contribution is 6.30. The van der Waals surface area contributed by atoms with Crippen LogP contribution in [0.4, 0.5) is 0 Å². The van der Waals surface area contributed by atoms with E-state index < -0.39 is 0 Å². The number of carbonyl (C=O) groups excluding carboxylic acids is 1. The van der Waals surface area contributed by atoms with E-state index in [4.69, 9.17) is 21.1 Å². The first-order valence-corrected chi connectivity index (χ1v) is 11.6. The van der Waals surface area contributed by atoms with Crippen LogP contribution < -0.4 is 10.3 Å². The van der Waals surface area contributed by atoms with Gasteiger partial charge in [0.25, 0.3) is 5.56 Å². The third-order valence-corrected chi connectivity index (χ3v) is 5.97. The highest BCUT2D eigenvalue weighted by atomic mass is 35.5. The van der Waals surface area contributed by atoms with Crippen LogP contribution in [-0.4, -0.2) is 46.6 Å². The number of fused-ring (bicyclic) bond motifs is 1. The van der Waals surface area contributed by atoms with Crippen molar-refractivity contribution >= 4 is 28.4 Å². The smallest absolute Gasteiger partial charge is 0.258 e. The third-order valence-electron chi connectivity index (χ3n) is 5.73. The highest BCUT2D eigenvalue weighted by Crippen LogP contribution is 2.22. The van der Waals surface area contributed by atoms with Crippen molar-refractivity contribution < 1.29 is 14.3 Å². The van der Waals surface area contributed by atoms with E-state index in [1.54, 1.807) is 29.2 Å². The van der Waals surface area contributed by atoms with Crippen LogP contribution in [0, 0.1) is 6.92 Å². The highest BCUT2D eigenvalue weighted by Gasteiger charge is 2.23. The molecule has 4 rings (SSSR count). The number of carbonyl (C=O) groups is 1. The largest absolute Gasteiger partial charge is 0.493 e. The lowest BCUT2D eigenvalue weighted by Gasteiger charge is -2.25. The fourth-order valence-corrected chi connectivity index (χ4v) is 4.24. The second-order valence-corrected chi connectivity index (χ2v) is 8.74. The fraction of sp³-hybridized carbons (Fsp3) is 0.400. The molecule has 0 bridgehead atoms. The number of halogens is 1. The molecule has 3 aromatic rings. The van der Waals surface area contributed by atoms with Crippen LogP contribution >= 0.6 is 11.6 Å². The monoisotopic (exact) mass is 469 g/mol. The molecule has 1 aliphatic rings. The molecule has 1 unspecified atom stereocenters. The summed E-state index contributed by atoms with van der Waals surface area (Å²) in [4.78, 5) is 34.6. The molecular formula is C25H28ClN3O4. The Morgan fingerprint density at radius 1 is 1.30 bits per heavy atom. The minimum absolute atomic E-state index is 0.00842. The molecule has 1 fully saturated rings. The summed E-state index contributed by atoms with van der Waals surface area (Å²) in [5, 5.41) is 1.20. The second kappa shape index (κ2) is 10.8. The Kier molecular flexibility index (Phi) is 7.62. The molecule has 1 N–H and O–H groups in total. The molecule has 8 heteroatoms. The number of aryl methyl sites for hydroxylation is 1. The molecule has 1 aromatic heterocycles. The van der Waals surface area contributed by atoms with Crippen molar-refractivity contribution in [1.82, 2.24) is 14.9 Å². The minimum Gasteiger partial charge on any atom is -0.493 e. The predicted molar refractivity (Wildman–Crippen MR) is 128 cm³/mol. The van der Waals surface area contributed by atoms with Crippen LogP contribution in [0.2, 0.25) is 5.02 Å². The summed E-state index contributed by atoms with van der Waals surface area (Å²) in [6.45, 7) is 3.79. The van der Waals surface area contributed by atoms with E-state index in [-0.39, 0.29) is 24.1 Å². The number of rotatable bonds is 9. The van der Waals surface area contributed by atoms with Crippen molar-refractivity contribution in [2.24, 2.45) is 0 Å². The molecule has 174 valence electrons. The molecule has 1 saturated heterocycles. The summed E-state index contributed by atoms with van der Waals surface area (Å²) in [5.74, 6) is 1.22. The molecule has 0 radical (unpaired) electrons. The molecule has 0 saturated carbocycles. The number of hydrogen-bond donors (Lipinski definition) is 1. The van der Waals surface area contributed by atoms with Crippen LogP contribution in [0.1, 0.15) is 37.1 Å². The number of aromatic nitrogens is 2. The molecule has 0 aliphatic carbocycles. The molecule has 1 amide bonds. The van der Waals surface area contributed by atoms with E-state index in [2.05, 4.69) is 9.97 Å². The van der Waals surface area contributed by atoms with Gasteiger partial charge in [0, 0.05) is 24.6 Å². The Hall–Kier alpha value is -2.90. The maximum Gasteiger partial charge on any atom is 0.258 e. The van der Waals surface area contributed by atoms with Gasteiger partial charge in [0.15, 0.2) is 0 Å². The molecule has 1 aliphatic heterocycles. The summed E-state index contributed by atoms with van der Waals surface area (Å²) < 4.78 is 11.6. The van der Waals surface area contributed by atoms with Gasteiger partial charge in [-0.1, -0.05) is 23.7 Å². The average molecular weight is 470 g/mol. The van der Waals surface area contributed by atoms with Gasteiger partial charge >= 0.3 is 0 Å². The number of aromatic amines is 1. The van der Waals surface area contributed by atoms with E-state index in [1.165, 1.54) is 0 Å². The quantitative estimate of drug-likeness (QED) is 0.473. The van der Waals surface area contributed by atoms with Crippen molar-refractivity contribution in [2.75, 3.05) is 19.8 Å². The van der Waals surface area contributed by atoms with E-state index in [9.17, 15) is 9.59 Å². The van der Waals surface area contributed by atoms with Crippen molar-refractivity contribution in [3.05, 3.63) is 69.2 Å². The summed E-state index contributed by atoms with van der Waals surface area (Å²) in [5.41, 5.74) is 1.37. The Balaban J connectivity index is 1.40. The lowest BCUT2D eigenvalue weighted by Crippen LogP contribution is -2.38. The van der Waals surface area contributed by atoms with Crippen molar-refractivity contribution in [3.63, 3.8) is 0 Å². The predicted octanol–water partition coefficient (Wildman–Crippen LogP) is 4.25.